The lowest BCUT2D eigenvalue weighted by molar-refractivity contribution is 0.254. The van der Waals surface area contributed by atoms with Crippen LogP contribution in [-0.2, 0) is 13.0 Å². The van der Waals surface area contributed by atoms with Crippen molar-refractivity contribution in [1.82, 2.24) is 5.32 Å². The molecule has 1 atom stereocenters. The zero-order valence-electron chi connectivity index (χ0n) is 13.0. The van der Waals surface area contributed by atoms with Crippen molar-refractivity contribution >= 4 is 0 Å². The Labute approximate surface area is 121 Å². The van der Waals surface area contributed by atoms with E-state index in [1.165, 1.54) is 24.0 Å². The Morgan fingerprint density at radius 1 is 1.35 bits per heavy atom. The summed E-state index contributed by atoms with van der Waals surface area (Å²) < 4.78 is 11.4. The normalized spacial score (nSPS) is 21.5. The quantitative estimate of drug-likeness (QED) is 0.894. The van der Waals surface area contributed by atoms with Crippen LogP contribution in [0.1, 0.15) is 44.7 Å². The van der Waals surface area contributed by atoms with Crippen molar-refractivity contribution in [2.24, 2.45) is 5.92 Å². The van der Waals surface area contributed by atoms with E-state index in [4.69, 9.17) is 9.47 Å². The van der Waals surface area contributed by atoms with E-state index in [1.807, 2.05) is 0 Å². The van der Waals surface area contributed by atoms with Crippen LogP contribution in [0.5, 0.6) is 11.5 Å². The Morgan fingerprint density at radius 2 is 2.10 bits per heavy atom. The van der Waals surface area contributed by atoms with Crippen molar-refractivity contribution in [2.45, 2.75) is 58.2 Å². The van der Waals surface area contributed by atoms with Crippen LogP contribution in [-0.4, -0.2) is 18.8 Å². The maximum Gasteiger partial charge on any atom is 0.123 e. The van der Waals surface area contributed by atoms with Crippen LogP contribution in [0.3, 0.4) is 0 Å². The largest absolute Gasteiger partial charge is 0.496 e. The van der Waals surface area contributed by atoms with Crippen LogP contribution in [0.2, 0.25) is 0 Å². The van der Waals surface area contributed by atoms with Crippen molar-refractivity contribution in [3.8, 4) is 11.5 Å². The Bertz CT molecular complexity index is 506. The van der Waals surface area contributed by atoms with Crippen molar-refractivity contribution in [3.63, 3.8) is 0 Å². The van der Waals surface area contributed by atoms with Crippen molar-refractivity contribution in [1.29, 1.82) is 0 Å². The lowest BCUT2D eigenvalue weighted by atomic mass is 9.98. The SMILES string of the molecule is COc1cc2c(cc1CNC(C)(C)C1CC1)OC(C)C2. The molecule has 1 aromatic rings. The monoisotopic (exact) mass is 275 g/mol. The van der Waals surface area contributed by atoms with Gasteiger partial charge in [0.2, 0.25) is 0 Å². The molecule has 0 spiro atoms. The summed E-state index contributed by atoms with van der Waals surface area (Å²) in [5.41, 5.74) is 2.66. The summed E-state index contributed by atoms with van der Waals surface area (Å²) in [5, 5.41) is 3.68. The van der Waals surface area contributed by atoms with Gasteiger partial charge < -0.3 is 14.8 Å². The van der Waals surface area contributed by atoms with Gasteiger partial charge in [-0.25, -0.2) is 0 Å². The molecule has 1 heterocycles. The van der Waals surface area contributed by atoms with E-state index in [9.17, 15) is 0 Å². The van der Waals surface area contributed by atoms with Gasteiger partial charge in [-0.05, 0) is 51.7 Å². The maximum absolute atomic E-state index is 5.86. The van der Waals surface area contributed by atoms with E-state index in [1.54, 1.807) is 7.11 Å². The van der Waals surface area contributed by atoms with Crippen molar-refractivity contribution in [2.75, 3.05) is 7.11 Å². The molecule has 2 aliphatic rings. The number of hydrogen-bond acceptors (Lipinski definition) is 3. The predicted molar refractivity (Wildman–Crippen MR) is 80.4 cm³/mol. The van der Waals surface area contributed by atoms with E-state index in [-0.39, 0.29) is 11.6 Å². The highest BCUT2D eigenvalue weighted by Gasteiger charge is 2.37. The van der Waals surface area contributed by atoms with Gasteiger partial charge in [0.05, 0.1) is 7.11 Å². The predicted octanol–water partition coefficient (Wildman–Crippen LogP) is 3.30. The number of hydrogen-bond donors (Lipinski definition) is 1. The highest BCUT2D eigenvalue weighted by molar-refractivity contribution is 5.48. The molecule has 1 fully saturated rings. The van der Waals surface area contributed by atoms with Gasteiger partial charge in [0.15, 0.2) is 0 Å². The van der Waals surface area contributed by atoms with Crippen LogP contribution in [0, 0.1) is 5.92 Å². The second-order valence-corrected chi connectivity index (χ2v) is 6.75. The summed E-state index contributed by atoms with van der Waals surface area (Å²) >= 11 is 0. The third-order valence-corrected chi connectivity index (χ3v) is 4.63. The van der Waals surface area contributed by atoms with Crippen LogP contribution in [0.15, 0.2) is 12.1 Å². The average Bonchev–Trinajstić information content (AvgIpc) is 3.18. The Balaban J connectivity index is 1.77. The third kappa shape index (κ3) is 2.64. The standard InChI is InChI=1S/C17H25NO2/c1-11-7-12-8-15(19-4)13(9-16(12)20-11)10-18-17(2,3)14-5-6-14/h8-9,11,14,18H,5-7,10H2,1-4H3. The molecule has 110 valence electrons. The molecule has 1 unspecified atom stereocenters. The Morgan fingerprint density at radius 3 is 2.75 bits per heavy atom. The lowest BCUT2D eigenvalue weighted by Gasteiger charge is -2.27. The molecule has 1 aromatic carbocycles. The second kappa shape index (κ2) is 4.96. The fourth-order valence-electron chi connectivity index (χ4n) is 3.08. The molecular weight excluding hydrogens is 250 g/mol. The summed E-state index contributed by atoms with van der Waals surface area (Å²) in [5.74, 6) is 2.82. The fourth-order valence-corrected chi connectivity index (χ4v) is 3.08. The van der Waals surface area contributed by atoms with Gasteiger partial charge in [-0.3, -0.25) is 0 Å². The molecule has 0 amide bonds. The number of methoxy groups -OCH3 is 1. The van der Waals surface area contributed by atoms with Crippen LogP contribution < -0.4 is 14.8 Å². The molecule has 0 radical (unpaired) electrons. The molecule has 0 bridgehead atoms. The zero-order valence-corrected chi connectivity index (χ0v) is 13.0. The molecule has 3 rings (SSSR count). The molecule has 3 nitrogen and oxygen atoms in total. The smallest absolute Gasteiger partial charge is 0.123 e. The summed E-state index contributed by atoms with van der Waals surface area (Å²) in [7, 11) is 1.75. The van der Waals surface area contributed by atoms with Gasteiger partial charge in [0.25, 0.3) is 0 Å². The molecule has 1 saturated carbocycles. The van der Waals surface area contributed by atoms with Gasteiger partial charge in [-0.15, -0.1) is 0 Å². The number of rotatable bonds is 5. The Kier molecular flexibility index (Phi) is 3.41. The molecular formula is C17H25NO2. The van der Waals surface area contributed by atoms with Crippen LogP contribution in [0.4, 0.5) is 0 Å². The second-order valence-electron chi connectivity index (χ2n) is 6.75. The Hall–Kier alpha value is -1.22. The molecule has 1 aliphatic carbocycles. The molecule has 0 saturated heterocycles. The fraction of sp³-hybridized carbons (Fsp3) is 0.647. The molecule has 3 heteroatoms. The summed E-state index contributed by atoms with van der Waals surface area (Å²) in [6.07, 6.45) is 3.96. The van der Waals surface area contributed by atoms with Gasteiger partial charge in [0, 0.05) is 29.6 Å². The molecule has 1 N–H and O–H groups in total. The van der Waals surface area contributed by atoms with E-state index in [0.717, 1.165) is 30.4 Å². The van der Waals surface area contributed by atoms with Gasteiger partial charge >= 0.3 is 0 Å². The molecule has 20 heavy (non-hydrogen) atoms. The average molecular weight is 275 g/mol. The lowest BCUT2D eigenvalue weighted by Crippen LogP contribution is -2.40. The van der Waals surface area contributed by atoms with Crippen molar-refractivity contribution in [3.05, 3.63) is 23.3 Å². The first kappa shape index (κ1) is 13.7. The van der Waals surface area contributed by atoms with E-state index in [2.05, 4.69) is 38.2 Å². The number of ether oxygens (including phenoxy) is 2. The van der Waals surface area contributed by atoms with E-state index < -0.39 is 0 Å². The number of benzene rings is 1. The number of nitrogens with one attached hydrogen (secondary N) is 1. The highest BCUT2D eigenvalue weighted by Crippen LogP contribution is 2.40. The third-order valence-electron chi connectivity index (χ3n) is 4.63. The minimum absolute atomic E-state index is 0.207. The van der Waals surface area contributed by atoms with Gasteiger partial charge in [-0.2, -0.15) is 0 Å². The maximum atomic E-state index is 5.86. The topological polar surface area (TPSA) is 30.5 Å². The van der Waals surface area contributed by atoms with Gasteiger partial charge in [-0.1, -0.05) is 0 Å². The van der Waals surface area contributed by atoms with Gasteiger partial charge in [0.1, 0.15) is 17.6 Å². The minimum Gasteiger partial charge on any atom is -0.496 e. The first-order chi connectivity index (χ1) is 9.49. The molecule has 0 aromatic heterocycles. The summed E-state index contributed by atoms with van der Waals surface area (Å²) in [4.78, 5) is 0. The first-order valence-electron chi connectivity index (χ1n) is 7.61. The minimum atomic E-state index is 0.207. The van der Waals surface area contributed by atoms with E-state index in [0.29, 0.717) is 0 Å². The summed E-state index contributed by atoms with van der Waals surface area (Å²) in [6.45, 7) is 7.53. The van der Waals surface area contributed by atoms with Crippen LogP contribution in [0.25, 0.3) is 0 Å². The first-order valence-corrected chi connectivity index (χ1v) is 7.61. The van der Waals surface area contributed by atoms with E-state index >= 15 is 0 Å². The highest BCUT2D eigenvalue weighted by atomic mass is 16.5. The zero-order chi connectivity index (χ0) is 14.3. The number of fused-ring (bicyclic) bond motifs is 1. The van der Waals surface area contributed by atoms with Crippen LogP contribution >= 0.6 is 0 Å². The van der Waals surface area contributed by atoms with Crippen molar-refractivity contribution < 1.29 is 9.47 Å². The molecule has 1 aliphatic heterocycles. The summed E-state index contributed by atoms with van der Waals surface area (Å²) in [6, 6.07) is 4.29.